The molecule has 0 bridgehead atoms. The summed E-state index contributed by atoms with van der Waals surface area (Å²) in [5.41, 5.74) is 0. The molecule has 0 aliphatic carbocycles. The molecule has 2 heterocycles. The van der Waals surface area contributed by atoms with E-state index in [4.69, 9.17) is 0 Å². The second-order valence-corrected chi connectivity index (χ2v) is 4.38. The topological polar surface area (TPSA) is 71.3 Å². The molecule has 7 nitrogen and oxygen atoms in total. The van der Waals surface area contributed by atoms with Crippen LogP contribution in [0.3, 0.4) is 0 Å². The molecule has 1 fully saturated rings. The molecule has 1 aromatic rings. The fraction of sp³-hybridized carbons (Fsp3) is 0.636. The standard InChI is InChI=1S/C11H17N5O2/c1-9(16-8-12-7-13-16)11(18)15-5-3-14(4-6-15)10(2)17/h7-9H,3-6H2,1-2H3/t9-/m0/s1. The van der Waals surface area contributed by atoms with E-state index in [0.717, 1.165) is 0 Å². The third-order valence-electron chi connectivity index (χ3n) is 3.23. The molecule has 1 saturated heterocycles. The third kappa shape index (κ3) is 2.49. The van der Waals surface area contributed by atoms with Crippen LogP contribution in [0.4, 0.5) is 0 Å². The van der Waals surface area contributed by atoms with Gasteiger partial charge in [0, 0.05) is 33.1 Å². The first-order valence-electron chi connectivity index (χ1n) is 5.98. The molecule has 1 atom stereocenters. The molecule has 98 valence electrons. The van der Waals surface area contributed by atoms with Crippen molar-refractivity contribution in [2.24, 2.45) is 0 Å². The summed E-state index contributed by atoms with van der Waals surface area (Å²) in [4.78, 5) is 30.8. The van der Waals surface area contributed by atoms with Crippen molar-refractivity contribution in [2.45, 2.75) is 19.9 Å². The first-order valence-corrected chi connectivity index (χ1v) is 5.98. The zero-order valence-electron chi connectivity index (χ0n) is 10.6. The van der Waals surface area contributed by atoms with E-state index in [1.54, 1.807) is 28.3 Å². The van der Waals surface area contributed by atoms with E-state index in [2.05, 4.69) is 10.1 Å². The monoisotopic (exact) mass is 251 g/mol. The molecule has 0 N–H and O–H groups in total. The zero-order chi connectivity index (χ0) is 13.1. The molecule has 1 aromatic heterocycles. The van der Waals surface area contributed by atoms with Gasteiger partial charge < -0.3 is 9.80 Å². The molecule has 0 spiro atoms. The van der Waals surface area contributed by atoms with Gasteiger partial charge in [0.25, 0.3) is 0 Å². The Kier molecular flexibility index (Phi) is 3.59. The van der Waals surface area contributed by atoms with Gasteiger partial charge in [-0.25, -0.2) is 9.67 Å². The second-order valence-electron chi connectivity index (χ2n) is 4.38. The molecule has 18 heavy (non-hydrogen) atoms. The lowest BCUT2D eigenvalue weighted by atomic mass is 10.2. The summed E-state index contributed by atoms with van der Waals surface area (Å²) in [6, 6.07) is -0.351. The molecule has 2 amide bonds. The number of carbonyl (C=O) groups is 2. The number of piperazine rings is 1. The largest absolute Gasteiger partial charge is 0.339 e. The van der Waals surface area contributed by atoms with Crippen LogP contribution in [0, 0.1) is 0 Å². The Labute approximate surface area is 105 Å². The van der Waals surface area contributed by atoms with Crippen molar-refractivity contribution in [2.75, 3.05) is 26.2 Å². The van der Waals surface area contributed by atoms with Crippen molar-refractivity contribution < 1.29 is 9.59 Å². The van der Waals surface area contributed by atoms with E-state index in [9.17, 15) is 9.59 Å². The molecular weight excluding hydrogens is 234 g/mol. The fourth-order valence-corrected chi connectivity index (χ4v) is 2.04. The molecular formula is C11H17N5O2. The highest BCUT2D eigenvalue weighted by Gasteiger charge is 2.26. The van der Waals surface area contributed by atoms with Crippen molar-refractivity contribution in [3.63, 3.8) is 0 Å². The molecule has 0 unspecified atom stereocenters. The van der Waals surface area contributed by atoms with Gasteiger partial charge in [-0.3, -0.25) is 9.59 Å². The summed E-state index contributed by atoms with van der Waals surface area (Å²) in [6.07, 6.45) is 2.95. The summed E-state index contributed by atoms with van der Waals surface area (Å²) in [5, 5.41) is 3.97. The number of carbonyl (C=O) groups excluding carboxylic acids is 2. The van der Waals surface area contributed by atoms with Crippen molar-refractivity contribution in [3.8, 4) is 0 Å². The molecule has 0 aromatic carbocycles. The predicted octanol–water partition coefficient (Wildman–Crippen LogP) is -0.470. The van der Waals surface area contributed by atoms with E-state index in [1.165, 1.54) is 12.7 Å². The van der Waals surface area contributed by atoms with Crippen LogP contribution < -0.4 is 0 Å². The summed E-state index contributed by atoms with van der Waals surface area (Å²) >= 11 is 0. The lowest BCUT2D eigenvalue weighted by Gasteiger charge is -2.35. The van der Waals surface area contributed by atoms with Crippen molar-refractivity contribution in [1.82, 2.24) is 24.6 Å². The van der Waals surface area contributed by atoms with Gasteiger partial charge in [0.05, 0.1) is 0 Å². The summed E-state index contributed by atoms with van der Waals surface area (Å²) in [6.45, 7) is 5.72. The first kappa shape index (κ1) is 12.5. The maximum Gasteiger partial charge on any atom is 0.247 e. The van der Waals surface area contributed by atoms with Gasteiger partial charge in [-0.15, -0.1) is 0 Å². The maximum absolute atomic E-state index is 12.2. The average molecular weight is 251 g/mol. The van der Waals surface area contributed by atoms with Crippen LogP contribution in [0.2, 0.25) is 0 Å². The van der Waals surface area contributed by atoms with Crippen molar-refractivity contribution in [3.05, 3.63) is 12.7 Å². The Bertz CT molecular complexity index is 423. The zero-order valence-corrected chi connectivity index (χ0v) is 10.6. The van der Waals surface area contributed by atoms with Crippen LogP contribution in [0.15, 0.2) is 12.7 Å². The van der Waals surface area contributed by atoms with E-state index in [0.29, 0.717) is 26.2 Å². The van der Waals surface area contributed by atoms with E-state index < -0.39 is 0 Å². The quantitative estimate of drug-likeness (QED) is 0.712. The van der Waals surface area contributed by atoms with Crippen molar-refractivity contribution >= 4 is 11.8 Å². The van der Waals surface area contributed by atoms with Crippen LogP contribution in [0.25, 0.3) is 0 Å². The molecule has 0 saturated carbocycles. The van der Waals surface area contributed by atoms with E-state index in [1.807, 2.05) is 0 Å². The van der Waals surface area contributed by atoms with E-state index in [-0.39, 0.29) is 17.9 Å². The minimum absolute atomic E-state index is 0.0173. The predicted molar refractivity (Wildman–Crippen MR) is 63.6 cm³/mol. The Morgan fingerprint density at radius 1 is 1.17 bits per heavy atom. The van der Waals surface area contributed by atoms with Crippen molar-refractivity contribution in [1.29, 1.82) is 0 Å². The molecule has 2 rings (SSSR count). The number of hydrogen-bond donors (Lipinski definition) is 0. The van der Waals surface area contributed by atoms with Gasteiger partial charge in [0.2, 0.25) is 11.8 Å². The summed E-state index contributed by atoms with van der Waals surface area (Å²) in [7, 11) is 0. The SMILES string of the molecule is CC(=O)N1CCN(C(=O)[C@H](C)n2cncn2)CC1. The lowest BCUT2D eigenvalue weighted by molar-refractivity contribution is -0.140. The minimum atomic E-state index is -0.351. The number of rotatable bonds is 2. The number of hydrogen-bond acceptors (Lipinski definition) is 4. The highest BCUT2D eigenvalue weighted by molar-refractivity contribution is 5.80. The van der Waals surface area contributed by atoms with Gasteiger partial charge in [-0.2, -0.15) is 5.10 Å². The number of amides is 2. The van der Waals surface area contributed by atoms with Gasteiger partial charge in [0.1, 0.15) is 18.7 Å². The molecule has 0 radical (unpaired) electrons. The van der Waals surface area contributed by atoms with Crippen LogP contribution in [0.1, 0.15) is 19.9 Å². The van der Waals surface area contributed by atoms with Gasteiger partial charge in [0.15, 0.2) is 0 Å². The summed E-state index contributed by atoms with van der Waals surface area (Å²) in [5.74, 6) is 0.0788. The normalized spacial score (nSPS) is 17.7. The maximum atomic E-state index is 12.2. The Morgan fingerprint density at radius 2 is 1.78 bits per heavy atom. The Morgan fingerprint density at radius 3 is 2.28 bits per heavy atom. The fourth-order valence-electron chi connectivity index (χ4n) is 2.04. The average Bonchev–Trinajstić information content (AvgIpc) is 2.91. The molecule has 7 heteroatoms. The first-order chi connectivity index (χ1) is 8.59. The van der Waals surface area contributed by atoms with Crippen LogP contribution in [0.5, 0.6) is 0 Å². The van der Waals surface area contributed by atoms with Gasteiger partial charge in [-0.1, -0.05) is 0 Å². The minimum Gasteiger partial charge on any atom is -0.339 e. The lowest BCUT2D eigenvalue weighted by Crippen LogP contribution is -2.51. The number of nitrogens with zero attached hydrogens (tertiary/aromatic N) is 5. The van der Waals surface area contributed by atoms with E-state index >= 15 is 0 Å². The second kappa shape index (κ2) is 5.16. The van der Waals surface area contributed by atoms with Crippen LogP contribution in [-0.2, 0) is 9.59 Å². The third-order valence-corrected chi connectivity index (χ3v) is 3.23. The highest BCUT2D eigenvalue weighted by Crippen LogP contribution is 2.10. The highest BCUT2D eigenvalue weighted by atomic mass is 16.2. The van der Waals surface area contributed by atoms with Crippen LogP contribution >= 0.6 is 0 Å². The Hall–Kier alpha value is -1.92. The van der Waals surface area contributed by atoms with Gasteiger partial charge >= 0.3 is 0 Å². The summed E-state index contributed by atoms with van der Waals surface area (Å²) < 4.78 is 1.54. The van der Waals surface area contributed by atoms with Crippen LogP contribution in [-0.4, -0.2) is 62.6 Å². The Balaban J connectivity index is 1.93. The van der Waals surface area contributed by atoms with Gasteiger partial charge in [-0.05, 0) is 6.92 Å². The molecule has 1 aliphatic heterocycles. The smallest absolute Gasteiger partial charge is 0.247 e. The molecule has 1 aliphatic rings. The number of aromatic nitrogens is 3.